The summed E-state index contributed by atoms with van der Waals surface area (Å²) >= 11 is 0. The Bertz CT molecular complexity index is 365. The number of hydrogen-bond donors (Lipinski definition) is 2. The zero-order valence-electron chi connectivity index (χ0n) is 8.92. The molecule has 0 unspecified atom stereocenters. The van der Waals surface area contributed by atoms with Crippen LogP contribution in [0.15, 0.2) is 0 Å². The van der Waals surface area contributed by atoms with Crippen molar-refractivity contribution in [2.24, 2.45) is 0 Å². The van der Waals surface area contributed by atoms with E-state index in [4.69, 9.17) is 5.11 Å². The van der Waals surface area contributed by atoms with E-state index in [1.165, 1.54) is 12.8 Å². The molecule has 2 rings (SSSR count). The van der Waals surface area contributed by atoms with Crippen molar-refractivity contribution in [2.75, 3.05) is 0 Å². The minimum Gasteiger partial charge on any atom is -0.478 e. The molecule has 15 heavy (non-hydrogen) atoms. The molecule has 0 amide bonds. The number of carboxylic acid groups (broad SMARTS) is 1. The first-order valence-electron chi connectivity index (χ1n) is 5.54. The molecule has 2 N–H and O–H groups in total. The summed E-state index contributed by atoms with van der Waals surface area (Å²) in [5.41, 5.74) is 1.95. The molecule has 0 spiro atoms. The van der Waals surface area contributed by atoms with Gasteiger partial charge in [-0.05, 0) is 19.3 Å². The fourth-order valence-corrected chi connectivity index (χ4v) is 2.38. The van der Waals surface area contributed by atoms with Gasteiger partial charge in [0.1, 0.15) is 5.56 Å². The van der Waals surface area contributed by atoms with Crippen molar-refractivity contribution in [1.82, 2.24) is 10.2 Å². The summed E-state index contributed by atoms with van der Waals surface area (Å²) in [7, 11) is 0. The molecule has 1 fully saturated rings. The lowest BCUT2D eigenvalue weighted by Crippen LogP contribution is -2.05. The van der Waals surface area contributed by atoms with Crippen molar-refractivity contribution in [3.05, 3.63) is 17.0 Å². The summed E-state index contributed by atoms with van der Waals surface area (Å²) in [5.74, 6) is -0.491. The molecule has 1 heterocycles. The Balaban J connectivity index is 2.37. The van der Waals surface area contributed by atoms with E-state index in [1.54, 1.807) is 0 Å². The van der Waals surface area contributed by atoms with Gasteiger partial charge < -0.3 is 5.11 Å². The number of aromatic amines is 1. The van der Waals surface area contributed by atoms with E-state index in [0.717, 1.165) is 24.2 Å². The molecular formula is C11H16N2O2. The van der Waals surface area contributed by atoms with Crippen LogP contribution >= 0.6 is 0 Å². The van der Waals surface area contributed by atoms with Crippen LogP contribution in [0.2, 0.25) is 0 Å². The number of nitrogens with one attached hydrogen (secondary N) is 1. The van der Waals surface area contributed by atoms with Crippen LogP contribution < -0.4 is 0 Å². The highest BCUT2D eigenvalue weighted by Gasteiger charge is 2.27. The molecule has 4 heteroatoms. The van der Waals surface area contributed by atoms with E-state index in [0.29, 0.717) is 17.9 Å². The van der Waals surface area contributed by atoms with Crippen molar-refractivity contribution < 1.29 is 9.90 Å². The minimum absolute atomic E-state index is 0.354. The second-order valence-electron chi connectivity index (χ2n) is 4.10. The van der Waals surface area contributed by atoms with Crippen LogP contribution in [-0.2, 0) is 6.42 Å². The highest BCUT2D eigenvalue weighted by molar-refractivity contribution is 5.90. The third-order valence-corrected chi connectivity index (χ3v) is 3.18. The molecule has 0 saturated heterocycles. The molecule has 0 bridgehead atoms. The summed E-state index contributed by atoms with van der Waals surface area (Å²) in [4.78, 5) is 11.2. The predicted octanol–water partition coefficient (Wildman–Crippen LogP) is 2.33. The van der Waals surface area contributed by atoms with Crippen molar-refractivity contribution in [3.63, 3.8) is 0 Å². The van der Waals surface area contributed by atoms with Crippen molar-refractivity contribution in [1.29, 1.82) is 0 Å². The fraction of sp³-hybridized carbons (Fsp3) is 0.636. The van der Waals surface area contributed by atoms with Gasteiger partial charge in [-0.3, -0.25) is 5.10 Å². The topological polar surface area (TPSA) is 66.0 Å². The Labute approximate surface area is 88.7 Å². The molecule has 0 aromatic carbocycles. The summed E-state index contributed by atoms with van der Waals surface area (Å²) in [5, 5.41) is 16.2. The maximum Gasteiger partial charge on any atom is 0.339 e. The van der Waals surface area contributed by atoms with Gasteiger partial charge >= 0.3 is 5.97 Å². The van der Waals surface area contributed by atoms with Gasteiger partial charge in [-0.1, -0.05) is 19.8 Å². The number of aromatic nitrogens is 2. The molecule has 1 aromatic heterocycles. The van der Waals surface area contributed by atoms with Crippen molar-refractivity contribution in [2.45, 2.75) is 44.9 Å². The van der Waals surface area contributed by atoms with Gasteiger partial charge in [-0.25, -0.2) is 4.79 Å². The highest BCUT2D eigenvalue weighted by atomic mass is 16.4. The van der Waals surface area contributed by atoms with Gasteiger partial charge in [0, 0.05) is 11.6 Å². The lowest BCUT2D eigenvalue weighted by atomic mass is 9.98. The Morgan fingerprint density at radius 3 is 2.73 bits per heavy atom. The zero-order valence-corrected chi connectivity index (χ0v) is 8.92. The Morgan fingerprint density at radius 1 is 1.53 bits per heavy atom. The second-order valence-corrected chi connectivity index (χ2v) is 4.10. The van der Waals surface area contributed by atoms with E-state index < -0.39 is 5.97 Å². The Hall–Kier alpha value is -1.32. The molecule has 0 atom stereocenters. The normalized spacial score (nSPS) is 17.1. The summed E-state index contributed by atoms with van der Waals surface area (Å²) < 4.78 is 0. The summed E-state index contributed by atoms with van der Waals surface area (Å²) in [6, 6.07) is 0. The van der Waals surface area contributed by atoms with Crippen molar-refractivity contribution >= 4 is 5.97 Å². The smallest absolute Gasteiger partial charge is 0.339 e. The van der Waals surface area contributed by atoms with Crippen LogP contribution in [0.1, 0.15) is 60.3 Å². The molecule has 0 aliphatic heterocycles. The average Bonchev–Trinajstić information content (AvgIpc) is 2.85. The first-order chi connectivity index (χ1) is 7.24. The number of rotatable bonds is 3. The number of carboxylic acids is 1. The van der Waals surface area contributed by atoms with Crippen LogP contribution in [0, 0.1) is 0 Å². The Kier molecular flexibility index (Phi) is 2.75. The average molecular weight is 208 g/mol. The molecule has 1 aliphatic carbocycles. The summed E-state index contributed by atoms with van der Waals surface area (Å²) in [6.07, 6.45) is 5.24. The fourth-order valence-electron chi connectivity index (χ4n) is 2.38. The lowest BCUT2D eigenvalue weighted by molar-refractivity contribution is 0.0694. The molecule has 1 aromatic rings. The first-order valence-corrected chi connectivity index (χ1v) is 5.54. The monoisotopic (exact) mass is 208 g/mol. The molecule has 0 radical (unpaired) electrons. The van der Waals surface area contributed by atoms with Crippen LogP contribution in [0.5, 0.6) is 0 Å². The van der Waals surface area contributed by atoms with Gasteiger partial charge in [-0.2, -0.15) is 5.10 Å². The summed E-state index contributed by atoms with van der Waals surface area (Å²) in [6.45, 7) is 1.94. The molecular weight excluding hydrogens is 192 g/mol. The first kappa shape index (κ1) is 10.2. The van der Waals surface area contributed by atoms with Crippen LogP contribution in [-0.4, -0.2) is 21.3 Å². The maximum absolute atomic E-state index is 11.2. The van der Waals surface area contributed by atoms with Crippen molar-refractivity contribution in [3.8, 4) is 0 Å². The SMILES string of the molecule is CCc1[nH]nc(C2CCCC2)c1C(=O)O. The van der Waals surface area contributed by atoms with Crippen LogP contribution in [0.25, 0.3) is 0 Å². The number of aryl methyl sites for hydroxylation is 1. The number of hydrogen-bond acceptors (Lipinski definition) is 2. The van der Waals surface area contributed by atoms with E-state index >= 15 is 0 Å². The van der Waals surface area contributed by atoms with Gasteiger partial charge in [0.25, 0.3) is 0 Å². The predicted molar refractivity (Wildman–Crippen MR) is 56.1 cm³/mol. The molecule has 1 saturated carbocycles. The third-order valence-electron chi connectivity index (χ3n) is 3.18. The van der Waals surface area contributed by atoms with Crippen LogP contribution in [0.4, 0.5) is 0 Å². The van der Waals surface area contributed by atoms with Gasteiger partial charge in [0.15, 0.2) is 0 Å². The molecule has 82 valence electrons. The number of H-pyrrole nitrogens is 1. The van der Waals surface area contributed by atoms with Gasteiger partial charge in [-0.15, -0.1) is 0 Å². The van der Waals surface area contributed by atoms with E-state index in [9.17, 15) is 4.79 Å². The quantitative estimate of drug-likeness (QED) is 0.801. The number of aromatic carboxylic acids is 1. The second kappa shape index (κ2) is 4.04. The van der Waals surface area contributed by atoms with Crippen LogP contribution in [0.3, 0.4) is 0 Å². The lowest BCUT2D eigenvalue weighted by Gasteiger charge is -2.06. The zero-order chi connectivity index (χ0) is 10.8. The van der Waals surface area contributed by atoms with Gasteiger partial charge in [0.2, 0.25) is 0 Å². The van der Waals surface area contributed by atoms with E-state index in [-0.39, 0.29) is 0 Å². The standard InChI is InChI=1S/C11H16N2O2/c1-2-8-9(11(14)15)10(13-12-8)7-5-3-4-6-7/h7H,2-6H2,1H3,(H,12,13)(H,14,15). The number of nitrogens with zero attached hydrogens (tertiary/aromatic N) is 1. The molecule has 4 nitrogen and oxygen atoms in total. The van der Waals surface area contributed by atoms with E-state index in [1.807, 2.05) is 6.92 Å². The maximum atomic E-state index is 11.2. The highest BCUT2D eigenvalue weighted by Crippen LogP contribution is 2.35. The largest absolute Gasteiger partial charge is 0.478 e. The minimum atomic E-state index is -0.845. The van der Waals surface area contributed by atoms with Gasteiger partial charge in [0.05, 0.1) is 5.69 Å². The number of carbonyl (C=O) groups is 1. The molecule has 1 aliphatic rings. The third kappa shape index (κ3) is 1.76. The Morgan fingerprint density at radius 2 is 2.20 bits per heavy atom. The van der Waals surface area contributed by atoms with E-state index in [2.05, 4.69) is 10.2 Å².